The molecule has 0 radical (unpaired) electrons. The van der Waals surface area contributed by atoms with Crippen molar-refractivity contribution in [2.75, 3.05) is 0 Å². The number of aromatic nitrogens is 3. The summed E-state index contributed by atoms with van der Waals surface area (Å²) in [5.41, 5.74) is 2.76. The minimum Gasteiger partial charge on any atom is -0.476 e. The van der Waals surface area contributed by atoms with Gasteiger partial charge in [0, 0.05) is 24.1 Å². The Hall–Kier alpha value is -2.04. The highest BCUT2D eigenvalue weighted by Gasteiger charge is 2.26. The summed E-state index contributed by atoms with van der Waals surface area (Å²) in [6.07, 6.45) is 3.73. The van der Waals surface area contributed by atoms with Gasteiger partial charge in [0.2, 0.25) is 0 Å². The summed E-state index contributed by atoms with van der Waals surface area (Å²) in [4.78, 5) is 14.2. The first kappa shape index (κ1) is 9.21. The molecule has 0 bridgehead atoms. The van der Waals surface area contributed by atoms with Gasteiger partial charge in [0.15, 0.2) is 5.69 Å². The summed E-state index contributed by atoms with van der Waals surface area (Å²) in [6, 6.07) is 3.74. The molecule has 0 saturated carbocycles. The second kappa shape index (κ2) is 3.23. The molecule has 0 aliphatic carbocycles. The molecule has 0 aromatic carbocycles. The molecule has 2 aromatic heterocycles. The molecule has 0 unspecified atom stereocenters. The Morgan fingerprint density at radius 1 is 1.56 bits per heavy atom. The van der Waals surface area contributed by atoms with Crippen molar-refractivity contribution >= 4 is 5.97 Å². The minimum atomic E-state index is -0.966. The van der Waals surface area contributed by atoms with Crippen molar-refractivity contribution in [2.45, 2.75) is 19.4 Å². The number of carboxylic acids is 1. The topological polar surface area (TPSA) is 70.9 Å². The van der Waals surface area contributed by atoms with Crippen LogP contribution in [0.2, 0.25) is 0 Å². The predicted octanol–water partition coefficient (Wildman–Crippen LogP) is 1.52. The molecule has 0 fully saturated rings. The van der Waals surface area contributed by atoms with E-state index in [0.29, 0.717) is 0 Å². The van der Waals surface area contributed by atoms with E-state index in [2.05, 4.69) is 10.1 Å². The normalized spacial score (nSPS) is 14.0. The van der Waals surface area contributed by atoms with E-state index in [-0.39, 0.29) is 5.69 Å². The first-order chi connectivity index (χ1) is 7.77. The molecule has 16 heavy (non-hydrogen) atoms. The fourth-order valence-corrected chi connectivity index (χ4v) is 2.25. The van der Waals surface area contributed by atoms with Gasteiger partial charge in [0.25, 0.3) is 0 Å². The molecule has 1 aliphatic heterocycles. The van der Waals surface area contributed by atoms with Crippen molar-refractivity contribution < 1.29 is 9.90 Å². The second-order valence-electron chi connectivity index (χ2n) is 3.89. The van der Waals surface area contributed by atoms with Crippen molar-refractivity contribution in [3.8, 4) is 11.3 Å². The standard InChI is InChI=1S/C11H11N3O2/c15-11(16)10-9(7-3-1-5-12-7)8-4-2-6-14(8)13-10/h1,3,5,12H,2,4,6H2,(H,15,16). The predicted molar refractivity (Wildman–Crippen MR) is 57.3 cm³/mol. The number of aromatic carboxylic acids is 1. The van der Waals surface area contributed by atoms with Crippen molar-refractivity contribution in [3.05, 3.63) is 29.7 Å². The summed E-state index contributed by atoms with van der Waals surface area (Å²) in [5.74, 6) is -0.966. The van der Waals surface area contributed by atoms with Crippen molar-refractivity contribution in [1.82, 2.24) is 14.8 Å². The molecule has 1 aliphatic rings. The van der Waals surface area contributed by atoms with Crippen LogP contribution in [0.3, 0.4) is 0 Å². The van der Waals surface area contributed by atoms with Crippen LogP contribution in [-0.4, -0.2) is 25.8 Å². The van der Waals surface area contributed by atoms with E-state index in [1.165, 1.54) is 0 Å². The van der Waals surface area contributed by atoms with Gasteiger partial charge in [0.05, 0.1) is 5.56 Å². The van der Waals surface area contributed by atoms with Crippen molar-refractivity contribution in [3.63, 3.8) is 0 Å². The van der Waals surface area contributed by atoms with Crippen LogP contribution < -0.4 is 0 Å². The largest absolute Gasteiger partial charge is 0.476 e. The van der Waals surface area contributed by atoms with E-state index in [9.17, 15) is 4.79 Å². The van der Waals surface area contributed by atoms with Gasteiger partial charge in [0.1, 0.15) is 0 Å². The van der Waals surface area contributed by atoms with Crippen LogP contribution in [-0.2, 0) is 13.0 Å². The molecule has 0 amide bonds. The lowest BCUT2D eigenvalue weighted by Gasteiger charge is -1.98. The van der Waals surface area contributed by atoms with Gasteiger partial charge in [-0.2, -0.15) is 5.10 Å². The number of rotatable bonds is 2. The Bertz CT molecular complexity index is 540. The summed E-state index contributed by atoms with van der Waals surface area (Å²) >= 11 is 0. The van der Waals surface area contributed by atoms with E-state index in [4.69, 9.17) is 5.11 Å². The summed E-state index contributed by atoms with van der Waals surface area (Å²) in [6.45, 7) is 0.816. The molecule has 3 heterocycles. The molecular weight excluding hydrogens is 206 g/mol. The molecule has 5 heteroatoms. The maximum atomic E-state index is 11.1. The average Bonchev–Trinajstić information content (AvgIpc) is 2.92. The number of carbonyl (C=O) groups is 1. The Kier molecular flexibility index (Phi) is 1.86. The van der Waals surface area contributed by atoms with Crippen LogP contribution in [0.1, 0.15) is 22.6 Å². The molecule has 0 saturated heterocycles. The number of nitrogens with zero attached hydrogens (tertiary/aromatic N) is 2. The maximum Gasteiger partial charge on any atom is 0.357 e. The zero-order valence-electron chi connectivity index (χ0n) is 8.60. The number of H-pyrrole nitrogens is 1. The second-order valence-corrected chi connectivity index (χ2v) is 3.89. The number of aromatic amines is 1. The van der Waals surface area contributed by atoms with Crippen molar-refractivity contribution in [1.29, 1.82) is 0 Å². The number of carboxylic acid groups (broad SMARTS) is 1. The number of hydrogen-bond acceptors (Lipinski definition) is 2. The highest BCUT2D eigenvalue weighted by Crippen LogP contribution is 2.30. The Morgan fingerprint density at radius 3 is 3.12 bits per heavy atom. The molecule has 2 N–H and O–H groups in total. The smallest absolute Gasteiger partial charge is 0.357 e. The third kappa shape index (κ3) is 1.18. The third-order valence-electron chi connectivity index (χ3n) is 2.91. The number of aryl methyl sites for hydroxylation is 1. The SMILES string of the molecule is O=C(O)c1nn2c(c1-c1ccc[nH]1)CCC2. The lowest BCUT2D eigenvalue weighted by molar-refractivity contribution is 0.0690. The fourth-order valence-electron chi connectivity index (χ4n) is 2.25. The number of fused-ring (bicyclic) bond motifs is 1. The van der Waals surface area contributed by atoms with Crippen LogP contribution in [0.5, 0.6) is 0 Å². The van der Waals surface area contributed by atoms with Gasteiger partial charge >= 0.3 is 5.97 Å². The van der Waals surface area contributed by atoms with E-state index in [1.54, 1.807) is 10.9 Å². The first-order valence-electron chi connectivity index (χ1n) is 5.24. The summed E-state index contributed by atoms with van der Waals surface area (Å²) in [5, 5.41) is 13.3. The number of nitrogens with one attached hydrogen (secondary N) is 1. The molecule has 2 aromatic rings. The summed E-state index contributed by atoms with van der Waals surface area (Å²) < 4.78 is 1.81. The first-order valence-corrected chi connectivity index (χ1v) is 5.24. The van der Waals surface area contributed by atoms with Crippen LogP contribution in [0.4, 0.5) is 0 Å². The highest BCUT2D eigenvalue weighted by molar-refractivity contribution is 5.94. The van der Waals surface area contributed by atoms with Gasteiger partial charge in [-0.1, -0.05) is 0 Å². The van der Waals surface area contributed by atoms with Gasteiger partial charge < -0.3 is 10.1 Å². The summed E-state index contributed by atoms with van der Waals surface area (Å²) in [7, 11) is 0. The Balaban J connectivity index is 2.25. The lowest BCUT2D eigenvalue weighted by Crippen LogP contribution is -2.02. The molecule has 5 nitrogen and oxygen atoms in total. The van der Waals surface area contributed by atoms with Crippen LogP contribution in [0, 0.1) is 0 Å². The quantitative estimate of drug-likeness (QED) is 0.801. The zero-order valence-corrected chi connectivity index (χ0v) is 8.60. The molecule has 0 atom stereocenters. The van der Waals surface area contributed by atoms with Crippen LogP contribution in [0.15, 0.2) is 18.3 Å². The van der Waals surface area contributed by atoms with E-state index >= 15 is 0 Å². The lowest BCUT2D eigenvalue weighted by atomic mass is 10.1. The maximum absolute atomic E-state index is 11.1. The highest BCUT2D eigenvalue weighted by atomic mass is 16.4. The molecule has 82 valence electrons. The third-order valence-corrected chi connectivity index (χ3v) is 2.91. The number of hydrogen-bond donors (Lipinski definition) is 2. The molecular formula is C11H11N3O2. The fraction of sp³-hybridized carbons (Fsp3) is 0.273. The molecule has 3 rings (SSSR count). The van der Waals surface area contributed by atoms with Crippen molar-refractivity contribution in [2.24, 2.45) is 0 Å². The Labute approximate surface area is 91.7 Å². The minimum absolute atomic E-state index is 0.150. The monoisotopic (exact) mass is 217 g/mol. The van der Waals surface area contributed by atoms with Gasteiger partial charge in [-0.05, 0) is 25.0 Å². The van der Waals surface area contributed by atoms with Crippen LogP contribution in [0.25, 0.3) is 11.3 Å². The average molecular weight is 217 g/mol. The van der Waals surface area contributed by atoms with E-state index < -0.39 is 5.97 Å². The van der Waals surface area contributed by atoms with E-state index in [1.807, 2.05) is 12.1 Å². The van der Waals surface area contributed by atoms with E-state index in [0.717, 1.165) is 36.3 Å². The van der Waals surface area contributed by atoms with Gasteiger partial charge in [-0.15, -0.1) is 0 Å². The zero-order chi connectivity index (χ0) is 11.1. The van der Waals surface area contributed by atoms with Crippen LogP contribution >= 0.6 is 0 Å². The Morgan fingerprint density at radius 2 is 2.44 bits per heavy atom. The van der Waals surface area contributed by atoms with Gasteiger partial charge in [-0.3, -0.25) is 4.68 Å². The van der Waals surface area contributed by atoms with Gasteiger partial charge in [-0.25, -0.2) is 4.79 Å². The molecule has 0 spiro atoms.